The van der Waals surface area contributed by atoms with E-state index in [1.54, 1.807) is 18.2 Å². The second-order valence-electron chi connectivity index (χ2n) is 8.32. The summed E-state index contributed by atoms with van der Waals surface area (Å²) < 4.78 is 19.2. The number of halogens is 1. The van der Waals surface area contributed by atoms with Gasteiger partial charge < -0.3 is 9.64 Å². The van der Waals surface area contributed by atoms with Crippen molar-refractivity contribution in [2.45, 2.75) is 39.2 Å². The molecule has 4 heteroatoms. The van der Waals surface area contributed by atoms with Gasteiger partial charge in [-0.2, -0.15) is 0 Å². The second kappa shape index (κ2) is 11.0. The van der Waals surface area contributed by atoms with E-state index in [1.807, 2.05) is 74.2 Å². The zero-order chi connectivity index (χ0) is 23.8. The number of nitrogens with zero attached hydrogens (tertiary/aromatic N) is 1. The Morgan fingerprint density at radius 2 is 1.67 bits per heavy atom. The summed E-state index contributed by atoms with van der Waals surface area (Å²) in [5, 5.41) is 0. The molecular weight excluding hydrogens is 413 g/mol. The molecule has 0 aromatic heterocycles. The van der Waals surface area contributed by atoms with E-state index in [2.05, 4.69) is 6.58 Å². The van der Waals surface area contributed by atoms with Crippen LogP contribution in [0.15, 0.2) is 85.5 Å². The smallest absolute Gasteiger partial charge is 0.233 e. The van der Waals surface area contributed by atoms with Crippen LogP contribution < -0.4 is 4.74 Å². The van der Waals surface area contributed by atoms with Gasteiger partial charge in [0, 0.05) is 13.1 Å². The zero-order valence-electron chi connectivity index (χ0n) is 19.7. The molecule has 0 aliphatic carbocycles. The number of carbonyl (C=O) groups excluding carboxylic acids is 1. The molecule has 0 saturated heterocycles. The Morgan fingerprint density at radius 3 is 2.27 bits per heavy atom. The Balaban J connectivity index is 1.73. The minimum Gasteiger partial charge on any atom is -0.489 e. The number of allylic oxidation sites excluding steroid dienone is 1. The Labute approximate surface area is 196 Å². The van der Waals surface area contributed by atoms with Crippen LogP contribution in [0.4, 0.5) is 4.39 Å². The van der Waals surface area contributed by atoms with Crippen LogP contribution in [0.2, 0.25) is 0 Å². The first-order valence-corrected chi connectivity index (χ1v) is 11.4. The Morgan fingerprint density at radius 1 is 1.00 bits per heavy atom. The molecule has 1 atom stereocenters. The van der Waals surface area contributed by atoms with Crippen molar-refractivity contribution < 1.29 is 13.9 Å². The maximum atomic E-state index is 13.2. The first-order valence-electron chi connectivity index (χ1n) is 11.4. The van der Waals surface area contributed by atoms with E-state index in [1.165, 1.54) is 12.1 Å². The molecule has 0 heterocycles. The summed E-state index contributed by atoms with van der Waals surface area (Å²) in [4.78, 5) is 15.1. The third-order valence-electron chi connectivity index (χ3n) is 6.08. The van der Waals surface area contributed by atoms with Crippen molar-refractivity contribution in [3.05, 3.63) is 102 Å². The van der Waals surface area contributed by atoms with Gasteiger partial charge in [0.1, 0.15) is 18.2 Å². The third kappa shape index (κ3) is 5.70. The van der Waals surface area contributed by atoms with E-state index in [0.29, 0.717) is 26.1 Å². The molecule has 0 fully saturated rings. The van der Waals surface area contributed by atoms with Crippen molar-refractivity contribution in [3.63, 3.8) is 0 Å². The number of amides is 1. The molecule has 0 spiro atoms. The summed E-state index contributed by atoms with van der Waals surface area (Å²) in [6, 6.07) is 22.3. The number of rotatable bonds is 10. The van der Waals surface area contributed by atoms with Crippen LogP contribution >= 0.6 is 0 Å². The molecule has 3 aromatic carbocycles. The van der Waals surface area contributed by atoms with Crippen molar-refractivity contribution >= 4 is 5.91 Å². The molecule has 172 valence electrons. The molecule has 0 aliphatic heterocycles. The second-order valence-corrected chi connectivity index (χ2v) is 8.32. The van der Waals surface area contributed by atoms with Crippen LogP contribution in [0, 0.1) is 5.82 Å². The fourth-order valence-electron chi connectivity index (χ4n) is 4.05. The van der Waals surface area contributed by atoms with Gasteiger partial charge in [-0.25, -0.2) is 4.39 Å². The molecule has 1 unspecified atom stereocenters. The van der Waals surface area contributed by atoms with Crippen molar-refractivity contribution in [1.82, 2.24) is 4.90 Å². The molecule has 0 radical (unpaired) electrons. The molecular formula is C29H32FNO2. The van der Waals surface area contributed by atoms with Crippen molar-refractivity contribution in [2.75, 3.05) is 13.1 Å². The van der Waals surface area contributed by atoms with Gasteiger partial charge in [0.25, 0.3) is 0 Å². The van der Waals surface area contributed by atoms with Crippen LogP contribution in [0.1, 0.15) is 38.3 Å². The average Bonchev–Trinajstić information content (AvgIpc) is 2.84. The summed E-state index contributed by atoms with van der Waals surface area (Å²) >= 11 is 0. The highest BCUT2D eigenvalue weighted by molar-refractivity contribution is 5.88. The van der Waals surface area contributed by atoms with E-state index in [-0.39, 0.29) is 11.7 Å². The quantitative estimate of drug-likeness (QED) is 0.322. The first kappa shape index (κ1) is 24.2. The minimum absolute atomic E-state index is 0.110. The van der Waals surface area contributed by atoms with Gasteiger partial charge in [0.15, 0.2) is 0 Å². The highest BCUT2D eigenvalue weighted by Gasteiger charge is 2.36. The fourth-order valence-corrected chi connectivity index (χ4v) is 4.05. The van der Waals surface area contributed by atoms with Crippen molar-refractivity contribution in [2.24, 2.45) is 0 Å². The van der Waals surface area contributed by atoms with Crippen molar-refractivity contribution in [1.29, 1.82) is 0 Å². The number of benzene rings is 3. The number of hydrogen-bond donors (Lipinski definition) is 0. The summed E-state index contributed by atoms with van der Waals surface area (Å²) in [6.07, 6.45) is 2.37. The Bertz CT molecular complexity index is 1070. The lowest BCUT2D eigenvalue weighted by Crippen LogP contribution is -2.44. The summed E-state index contributed by atoms with van der Waals surface area (Å²) in [7, 11) is 0. The van der Waals surface area contributed by atoms with Crippen LogP contribution in [-0.4, -0.2) is 23.9 Å². The molecule has 3 aromatic rings. The molecule has 0 saturated carbocycles. The van der Waals surface area contributed by atoms with Gasteiger partial charge in [-0.15, -0.1) is 6.58 Å². The van der Waals surface area contributed by atoms with Crippen molar-refractivity contribution in [3.8, 4) is 16.9 Å². The molecule has 0 bridgehead atoms. The van der Waals surface area contributed by atoms with Gasteiger partial charge in [0.2, 0.25) is 5.91 Å². The topological polar surface area (TPSA) is 29.5 Å². The van der Waals surface area contributed by atoms with Gasteiger partial charge in [-0.05, 0) is 79.8 Å². The molecule has 1 amide bonds. The number of likely N-dealkylation sites (N-methyl/N-ethyl adjacent to an activating group) is 1. The van der Waals surface area contributed by atoms with Gasteiger partial charge in [-0.1, -0.05) is 48.5 Å². The lowest BCUT2D eigenvalue weighted by molar-refractivity contribution is -0.136. The van der Waals surface area contributed by atoms with E-state index in [9.17, 15) is 9.18 Å². The van der Waals surface area contributed by atoms with Crippen LogP contribution in [0.5, 0.6) is 5.75 Å². The van der Waals surface area contributed by atoms with E-state index < -0.39 is 5.41 Å². The van der Waals surface area contributed by atoms with Gasteiger partial charge in [0.05, 0.1) is 5.41 Å². The lowest BCUT2D eigenvalue weighted by atomic mass is 9.78. The zero-order valence-corrected chi connectivity index (χ0v) is 19.7. The number of hydrogen-bond acceptors (Lipinski definition) is 2. The molecule has 33 heavy (non-hydrogen) atoms. The van der Waals surface area contributed by atoms with Crippen LogP contribution in [-0.2, 0) is 16.8 Å². The minimum atomic E-state index is -0.657. The first-order chi connectivity index (χ1) is 15.9. The van der Waals surface area contributed by atoms with Crippen LogP contribution in [0.25, 0.3) is 11.1 Å². The predicted molar refractivity (Wildman–Crippen MR) is 133 cm³/mol. The fraction of sp³-hybridized carbons (Fsp3) is 0.276. The molecule has 3 rings (SSSR count). The average molecular weight is 446 g/mol. The van der Waals surface area contributed by atoms with E-state index in [0.717, 1.165) is 28.0 Å². The van der Waals surface area contributed by atoms with E-state index in [4.69, 9.17) is 4.74 Å². The standard InChI is InChI=1S/C29H32FNO2/c1-5-19-29(4,28(32)31(6-2)7-3)25-13-17-27(18-14-25)33-21-22-9-8-10-24(20-22)23-11-15-26(30)16-12-23/h5,8-18,20H,1,6-7,19,21H2,2-4H3. The van der Waals surface area contributed by atoms with Crippen LogP contribution in [0.3, 0.4) is 0 Å². The highest BCUT2D eigenvalue weighted by Crippen LogP contribution is 2.32. The normalized spacial score (nSPS) is 12.6. The van der Waals surface area contributed by atoms with Gasteiger partial charge >= 0.3 is 0 Å². The monoisotopic (exact) mass is 445 g/mol. The summed E-state index contributed by atoms with van der Waals surface area (Å²) in [6.45, 7) is 11.6. The largest absolute Gasteiger partial charge is 0.489 e. The maximum absolute atomic E-state index is 13.2. The Kier molecular flexibility index (Phi) is 8.05. The number of carbonyl (C=O) groups is 1. The summed E-state index contributed by atoms with van der Waals surface area (Å²) in [5.74, 6) is 0.602. The lowest BCUT2D eigenvalue weighted by Gasteiger charge is -2.33. The molecule has 3 nitrogen and oxygen atoms in total. The predicted octanol–water partition coefficient (Wildman–Crippen LogP) is 6.77. The molecule has 0 aliphatic rings. The van der Waals surface area contributed by atoms with E-state index >= 15 is 0 Å². The Hall–Kier alpha value is -3.40. The molecule has 0 N–H and O–H groups in total. The van der Waals surface area contributed by atoms with Gasteiger partial charge in [-0.3, -0.25) is 4.79 Å². The summed E-state index contributed by atoms with van der Waals surface area (Å²) in [5.41, 5.74) is 3.29. The third-order valence-corrected chi connectivity index (χ3v) is 6.08. The number of ether oxygens (including phenoxy) is 1. The maximum Gasteiger partial charge on any atom is 0.233 e. The highest BCUT2D eigenvalue weighted by atomic mass is 19.1. The SMILES string of the molecule is C=CCC(C)(C(=O)N(CC)CC)c1ccc(OCc2cccc(-c3ccc(F)cc3)c2)cc1.